The van der Waals surface area contributed by atoms with Crippen molar-refractivity contribution in [2.45, 2.75) is 60.2 Å². The van der Waals surface area contributed by atoms with Crippen molar-refractivity contribution in [1.29, 1.82) is 0 Å². The van der Waals surface area contributed by atoms with Crippen LogP contribution in [0.2, 0.25) is 0 Å². The first-order chi connectivity index (χ1) is 19.6. The molecule has 1 aliphatic rings. The fourth-order valence-electron chi connectivity index (χ4n) is 5.54. The molecule has 3 aromatic heterocycles. The molecule has 0 saturated heterocycles. The predicted octanol–water partition coefficient (Wildman–Crippen LogP) is 5.20. The van der Waals surface area contributed by atoms with Crippen LogP contribution < -0.4 is 5.56 Å². The van der Waals surface area contributed by atoms with Crippen molar-refractivity contribution in [2.24, 2.45) is 0 Å². The van der Waals surface area contributed by atoms with Gasteiger partial charge in [0, 0.05) is 39.9 Å². The number of benzene rings is 2. The molecule has 0 spiro atoms. The Morgan fingerprint density at radius 3 is 2.61 bits per heavy atom. The lowest BCUT2D eigenvalue weighted by Gasteiger charge is -2.34. The number of carbonyl (C=O) groups is 1. The van der Waals surface area contributed by atoms with Crippen molar-refractivity contribution in [3.8, 4) is 11.6 Å². The zero-order valence-electron chi connectivity index (χ0n) is 23.4. The zero-order valence-corrected chi connectivity index (χ0v) is 25.0. The zero-order chi connectivity index (χ0) is 29.2. The lowest BCUT2D eigenvalue weighted by Crippen LogP contribution is -2.46. The number of hydrogen-bond acceptors (Lipinski definition) is 5. The van der Waals surface area contributed by atoms with E-state index < -0.39 is 5.82 Å². The number of amides is 1. The van der Waals surface area contributed by atoms with Crippen LogP contribution in [0, 0.1) is 26.6 Å². The van der Waals surface area contributed by atoms with Crippen LogP contribution >= 0.6 is 15.9 Å². The third-order valence-electron chi connectivity index (χ3n) is 7.73. The third-order valence-corrected chi connectivity index (χ3v) is 8.62. The summed E-state index contributed by atoms with van der Waals surface area (Å²) in [5, 5.41) is 4.57. The maximum atomic E-state index is 15.8. The van der Waals surface area contributed by atoms with E-state index >= 15 is 4.39 Å². The molecular formula is C30H29BrFN7O2. The summed E-state index contributed by atoms with van der Waals surface area (Å²) in [4.78, 5) is 38.9. The minimum absolute atomic E-state index is 0.0539. The highest BCUT2D eigenvalue weighted by Gasteiger charge is 2.33. The molecule has 5 aromatic rings. The highest BCUT2D eigenvalue weighted by atomic mass is 79.9. The maximum absolute atomic E-state index is 15.8. The molecule has 0 unspecified atom stereocenters. The van der Waals surface area contributed by atoms with Crippen LogP contribution in [0.4, 0.5) is 4.39 Å². The van der Waals surface area contributed by atoms with E-state index in [-0.39, 0.29) is 42.1 Å². The van der Waals surface area contributed by atoms with Crippen LogP contribution in [0.15, 0.2) is 52.0 Å². The first kappa shape index (κ1) is 27.1. The van der Waals surface area contributed by atoms with Gasteiger partial charge in [-0.2, -0.15) is 5.10 Å². The standard InChI is InChI=1S/C30H29BrFN7O2/c1-6-36-15-33-24-13-26(23(32)12-27(24)36)38-29(41)21-11-18(4)37(28(40)20-7-8-22(31)16(2)9-20)14-25(21)34-30(38)39-19(5)10-17(3)35-39/h7-10,12-13,15,18H,6,11,14H2,1-5H3/t18-/m1/s1. The molecule has 4 heterocycles. The van der Waals surface area contributed by atoms with Crippen LogP contribution in [0.3, 0.4) is 0 Å². The van der Waals surface area contributed by atoms with E-state index in [0.717, 1.165) is 21.4 Å². The number of carbonyl (C=O) groups excluding carboxylic acids is 1. The Morgan fingerprint density at radius 2 is 1.93 bits per heavy atom. The number of rotatable bonds is 4. The molecule has 0 fully saturated rings. The SMILES string of the molecule is CCn1cnc2cc(-n3c(-n4nc(C)cc4C)nc4c(c3=O)C[C@@H](C)N(C(=O)c3ccc(Br)c(C)c3)C4)c(F)cc21. The van der Waals surface area contributed by atoms with E-state index in [1.54, 1.807) is 28.0 Å². The third kappa shape index (κ3) is 4.48. The maximum Gasteiger partial charge on any atom is 0.263 e. The molecule has 2 aromatic carbocycles. The quantitative estimate of drug-likeness (QED) is 0.276. The van der Waals surface area contributed by atoms with E-state index in [2.05, 4.69) is 26.0 Å². The smallest absolute Gasteiger partial charge is 0.263 e. The molecule has 1 amide bonds. The average Bonchev–Trinajstić information content (AvgIpc) is 3.50. The Bertz CT molecular complexity index is 1920. The molecule has 6 rings (SSSR count). The molecule has 0 saturated carbocycles. The Hall–Kier alpha value is -4.12. The van der Waals surface area contributed by atoms with Gasteiger partial charge in [-0.1, -0.05) is 15.9 Å². The van der Waals surface area contributed by atoms with E-state index in [0.29, 0.717) is 34.4 Å². The Kier molecular flexibility index (Phi) is 6.64. The fourth-order valence-corrected chi connectivity index (χ4v) is 5.79. The van der Waals surface area contributed by atoms with Crippen molar-refractivity contribution in [3.63, 3.8) is 0 Å². The van der Waals surface area contributed by atoms with E-state index in [9.17, 15) is 9.59 Å². The van der Waals surface area contributed by atoms with E-state index in [4.69, 9.17) is 4.98 Å². The summed E-state index contributed by atoms with van der Waals surface area (Å²) in [6.07, 6.45) is 1.94. The Labute approximate surface area is 244 Å². The molecule has 0 N–H and O–H groups in total. The van der Waals surface area contributed by atoms with Gasteiger partial charge in [0.05, 0.1) is 41.0 Å². The van der Waals surface area contributed by atoms with Gasteiger partial charge in [0.1, 0.15) is 5.82 Å². The Balaban J connectivity index is 1.53. The van der Waals surface area contributed by atoms with Crippen LogP contribution in [0.5, 0.6) is 0 Å². The monoisotopic (exact) mass is 617 g/mol. The second-order valence-electron chi connectivity index (χ2n) is 10.6. The van der Waals surface area contributed by atoms with Crippen molar-refractivity contribution >= 4 is 32.9 Å². The van der Waals surface area contributed by atoms with E-state index in [1.807, 2.05) is 57.4 Å². The summed E-state index contributed by atoms with van der Waals surface area (Å²) >= 11 is 3.49. The summed E-state index contributed by atoms with van der Waals surface area (Å²) in [6.45, 7) is 10.3. The highest BCUT2D eigenvalue weighted by molar-refractivity contribution is 9.10. The number of fused-ring (bicyclic) bond motifs is 2. The van der Waals surface area contributed by atoms with Gasteiger partial charge < -0.3 is 9.47 Å². The highest BCUT2D eigenvalue weighted by Crippen LogP contribution is 2.28. The van der Waals surface area contributed by atoms with Gasteiger partial charge in [0.15, 0.2) is 0 Å². The topological polar surface area (TPSA) is 90.8 Å². The first-order valence-electron chi connectivity index (χ1n) is 13.5. The summed E-state index contributed by atoms with van der Waals surface area (Å²) in [5.74, 6) is -0.542. The summed E-state index contributed by atoms with van der Waals surface area (Å²) in [5.41, 5.74) is 4.81. The molecule has 1 aliphatic heterocycles. The van der Waals surface area contributed by atoms with Crippen molar-refractivity contribution in [1.82, 2.24) is 33.8 Å². The van der Waals surface area contributed by atoms with Crippen LogP contribution in [0.25, 0.3) is 22.7 Å². The number of imidazole rings is 1. The normalized spacial score (nSPS) is 15.0. The molecule has 0 aliphatic carbocycles. The fraction of sp³-hybridized carbons (Fsp3) is 0.300. The predicted molar refractivity (Wildman–Crippen MR) is 157 cm³/mol. The lowest BCUT2D eigenvalue weighted by atomic mass is 9.98. The van der Waals surface area contributed by atoms with Crippen molar-refractivity contribution < 1.29 is 9.18 Å². The van der Waals surface area contributed by atoms with Gasteiger partial charge in [-0.3, -0.25) is 9.59 Å². The molecule has 0 radical (unpaired) electrons. The summed E-state index contributed by atoms with van der Waals surface area (Å²) in [7, 11) is 0. The number of nitrogens with zero attached hydrogens (tertiary/aromatic N) is 7. The van der Waals surface area contributed by atoms with Gasteiger partial charge in [0.25, 0.3) is 11.5 Å². The molecule has 210 valence electrons. The molecule has 1 atom stereocenters. The first-order valence-corrected chi connectivity index (χ1v) is 14.3. The van der Waals surface area contributed by atoms with Crippen LogP contribution in [-0.2, 0) is 19.5 Å². The summed E-state index contributed by atoms with van der Waals surface area (Å²) in [6, 6.07) is 10.1. The number of aromatic nitrogens is 6. The van der Waals surface area contributed by atoms with Gasteiger partial charge >= 0.3 is 0 Å². The largest absolute Gasteiger partial charge is 0.331 e. The van der Waals surface area contributed by atoms with Crippen molar-refractivity contribution in [3.05, 3.63) is 97.1 Å². The number of halogens is 2. The minimum atomic E-state index is -0.564. The molecule has 11 heteroatoms. The summed E-state index contributed by atoms with van der Waals surface area (Å²) < 4.78 is 21.4. The van der Waals surface area contributed by atoms with Crippen molar-refractivity contribution in [2.75, 3.05) is 0 Å². The molecule has 9 nitrogen and oxygen atoms in total. The van der Waals surface area contributed by atoms with Gasteiger partial charge in [0.2, 0.25) is 5.95 Å². The molecular weight excluding hydrogens is 589 g/mol. The Morgan fingerprint density at radius 1 is 1.15 bits per heavy atom. The van der Waals surface area contributed by atoms with Crippen LogP contribution in [-0.4, -0.2) is 45.7 Å². The van der Waals surface area contributed by atoms with E-state index in [1.165, 1.54) is 10.6 Å². The number of hydrogen-bond donors (Lipinski definition) is 0. The lowest BCUT2D eigenvalue weighted by molar-refractivity contribution is 0.0652. The second-order valence-corrected chi connectivity index (χ2v) is 11.4. The van der Waals surface area contributed by atoms with Gasteiger partial charge in [-0.15, -0.1) is 0 Å². The second kappa shape index (κ2) is 10.1. The van der Waals surface area contributed by atoms with Gasteiger partial charge in [-0.25, -0.2) is 23.6 Å². The molecule has 41 heavy (non-hydrogen) atoms. The molecule has 0 bridgehead atoms. The minimum Gasteiger partial charge on any atom is -0.331 e. The average molecular weight is 619 g/mol. The van der Waals surface area contributed by atoms with Gasteiger partial charge in [-0.05, 0) is 76.9 Å². The van der Waals surface area contributed by atoms with Crippen LogP contribution in [0.1, 0.15) is 52.4 Å². The number of aryl methyl sites for hydroxylation is 4.